The van der Waals surface area contributed by atoms with E-state index in [4.69, 9.17) is 23.8 Å². The Morgan fingerprint density at radius 3 is 1.57 bits per heavy atom. The Morgan fingerprint density at radius 2 is 1.00 bits per heavy atom. The molecule has 5 atom stereocenters. The lowest BCUT2D eigenvalue weighted by Gasteiger charge is -2.20. The summed E-state index contributed by atoms with van der Waals surface area (Å²) in [5.41, 5.74) is 0. The van der Waals surface area contributed by atoms with E-state index >= 15 is 0 Å². The molecule has 6 N–H and O–H groups in total. The lowest BCUT2D eigenvalue weighted by Crippen LogP contribution is -2.30. The number of phosphoric acid groups is 2. The molecule has 0 aliphatic carbocycles. The molecule has 17 heteroatoms. The zero-order valence-electron chi connectivity index (χ0n) is 38.1. The van der Waals surface area contributed by atoms with Gasteiger partial charge in [0.2, 0.25) is 0 Å². The molecule has 0 aromatic carbocycles. The summed E-state index contributed by atoms with van der Waals surface area (Å²) in [5.74, 6) is -1.27. The fourth-order valence-electron chi connectivity index (χ4n) is 5.97. The Bertz CT molecular complexity index is 1380. The molecule has 0 aromatic heterocycles. The summed E-state index contributed by atoms with van der Waals surface area (Å²) in [4.78, 5) is 52.8. The number of aliphatic hydroxyl groups is 3. The second-order valence-corrected chi connectivity index (χ2v) is 18.4. The van der Waals surface area contributed by atoms with Crippen LogP contribution in [0, 0.1) is 0 Å². The van der Waals surface area contributed by atoms with Crippen LogP contribution >= 0.6 is 15.6 Å². The molecule has 0 fully saturated rings. The summed E-state index contributed by atoms with van der Waals surface area (Å²) in [6.45, 7) is 1.40. The first-order chi connectivity index (χ1) is 30.2. The molecular weight excluding hydrogens is 854 g/mol. The Balaban J connectivity index is 4.71. The Labute approximate surface area is 377 Å². The largest absolute Gasteiger partial charge is 0.472 e. The zero-order valence-corrected chi connectivity index (χ0v) is 39.9. The first kappa shape index (κ1) is 60.7. The quantitative estimate of drug-likeness (QED) is 0.0110. The maximum absolute atomic E-state index is 12.7. The van der Waals surface area contributed by atoms with Gasteiger partial charge < -0.3 is 39.5 Å². The molecule has 0 heterocycles. The number of hydrogen-bond donors (Lipinski definition) is 6. The summed E-state index contributed by atoms with van der Waals surface area (Å²) in [6, 6.07) is 0. The molecule has 366 valence electrons. The number of ether oxygens (including phenoxy) is 2. The van der Waals surface area contributed by atoms with E-state index in [1.807, 2.05) is 24.3 Å². The number of carbonyl (C=O) groups is 2. The Morgan fingerprint density at radius 1 is 0.524 bits per heavy atom. The highest BCUT2D eigenvalue weighted by Crippen LogP contribution is 2.43. The highest BCUT2D eigenvalue weighted by Gasteiger charge is 2.28. The van der Waals surface area contributed by atoms with Crippen molar-refractivity contribution in [3.63, 3.8) is 0 Å². The number of hydrogen-bond acceptors (Lipinski definition) is 12. The zero-order chi connectivity index (χ0) is 46.9. The van der Waals surface area contributed by atoms with Gasteiger partial charge in [0.25, 0.3) is 0 Å². The third-order valence-corrected chi connectivity index (χ3v) is 11.0. The van der Waals surface area contributed by atoms with Crippen LogP contribution in [0.4, 0.5) is 0 Å². The van der Waals surface area contributed by atoms with E-state index in [-0.39, 0.29) is 19.3 Å². The second kappa shape index (κ2) is 41.2. The van der Waals surface area contributed by atoms with Gasteiger partial charge in [-0.15, -0.1) is 0 Å². The molecule has 0 aromatic rings. The lowest BCUT2D eigenvalue weighted by atomic mass is 10.1. The van der Waals surface area contributed by atoms with Gasteiger partial charge in [-0.3, -0.25) is 23.2 Å². The third-order valence-electron chi connectivity index (χ3n) is 9.58. The summed E-state index contributed by atoms with van der Waals surface area (Å²) in [6.07, 6.45) is 37.0. The van der Waals surface area contributed by atoms with Crippen molar-refractivity contribution in [2.24, 2.45) is 0 Å². The molecule has 63 heavy (non-hydrogen) atoms. The average molecular weight is 937 g/mol. The fraction of sp³-hybridized carbons (Fsp3) is 0.739. The van der Waals surface area contributed by atoms with Crippen molar-refractivity contribution in [1.82, 2.24) is 0 Å². The van der Waals surface area contributed by atoms with Crippen LogP contribution in [0.1, 0.15) is 168 Å². The molecule has 1 unspecified atom stereocenters. The Hall–Kier alpha value is -2.26. The van der Waals surface area contributed by atoms with Gasteiger partial charge in [0, 0.05) is 12.8 Å². The van der Waals surface area contributed by atoms with Gasteiger partial charge in [0.15, 0.2) is 6.10 Å². The number of unbranched alkanes of at least 4 members (excludes halogenated alkanes) is 15. The van der Waals surface area contributed by atoms with Gasteiger partial charge in [-0.25, -0.2) is 9.13 Å². The lowest BCUT2D eigenvalue weighted by molar-refractivity contribution is -0.161. The summed E-state index contributed by atoms with van der Waals surface area (Å²) < 4.78 is 47.7. The molecule has 0 rings (SSSR count). The maximum atomic E-state index is 12.7. The van der Waals surface area contributed by atoms with Crippen molar-refractivity contribution in [3.05, 3.63) is 60.8 Å². The summed E-state index contributed by atoms with van der Waals surface area (Å²) in [7, 11) is -9.76. The van der Waals surface area contributed by atoms with Crippen molar-refractivity contribution in [1.29, 1.82) is 0 Å². The van der Waals surface area contributed by atoms with Crippen molar-refractivity contribution in [2.75, 3.05) is 26.4 Å². The minimum Gasteiger partial charge on any atom is -0.462 e. The molecule has 0 radical (unpaired) electrons. The molecule has 0 saturated heterocycles. The third kappa shape index (κ3) is 44.7. The van der Waals surface area contributed by atoms with Crippen LogP contribution in [0.25, 0.3) is 0 Å². The van der Waals surface area contributed by atoms with Crippen LogP contribution in [-0.4, -0.2) is 92.8 Å². The molecule has 15 nitrogen and oxygen atoms in total. The SMILES string of the molecule is CCCCCCCC/C=C\CCCCCCCCCC(=O)O[C@H](COC(=O)CCC[C@@H](O)/C=C/C=C\C/C=C\C=C\[C@@H](O)CCCCC)COP(=O)(O)OC[C@@H](O)COP(=O)(O)O. The van der Waals surface area contributed by atoms with E-state index in [2.05, 4.69) is 35.0 Å². The summed E-state index contributed by atoms with van der Waals surface area (Å²) in [5, 5.41) is 29.9. The highest BCUT2D eigenvalue weighted by molar-refractivity contribution is 7.47. The monoisotopic (exact) mass is 937 g/mol. The van der Waals surface area contributed by atoms with Gasteiger partial charge in [0.1, 0.15) is 12.7 Å². The van der Waals surface area contributed by atoms with Gasteiger partial charge in [-0.2, -0.15) is 0 Å². The smallest absolute Gasteiger partial charge is 0.462 e. The van der Waals surface area contributed by atoms with E-state index in [9.17, 15) is 38.9 Å². The second-order valence-electron chi connectivity index (χ2n) is 15.7. The van der Waals surface area contributed by atoms with Gasteiger partial charge in [-0.05, 0) is 57.8 Å². The number of esters is 2. The number of phosphoric ester groups is 2. The van der Waals surface area contributed by atoms with Crippen LogP contribution in [-0.2, 0) is 41.8 Å². The van der Waals surface area contributed by atoms with E-state index in [0.29, 0.717) is 19.3 Å². The first-order valence-corrected chi connectivity index (χ1v) is 26.2. The minimum atomic E-state index is -4.89. The number of aliphatic hydroxyl groups excluding tert-OH is 3. The van der Waals surface area contributed by atoms with Gasteiger partial charge in [-0.1, -0.05) is 158 Å². The van der Waals surface area contributed by atoms with Crippen molar-refractivity contribution in [2.45, 2.75) is 192 Å². The van der Waals surface area contributed by atoms with Crippen molar-refractivity contribution < 1.29 is 71.8 Å². The van der Waals surface area contributed by atoms with Crippen molar-refractivity contribution >= 4 is 27.6 Å². The summed E-state index contributed by atoms with van der Waals surface area (Å²) >= 11 is 0. The molecule has 0 spiro atoms. The predicted octanol–water partition coefficient (Wildman–Crippen LogP) is 9.95. The van der Waals surface area contributed by atoms with Crippen LogP contribution in [0.2, 0.25) is 0 Å². The molecule has 0 bridgehead atoms. The van der Waals surface area contributed by atoms with Crippen LogP contribution in [0.5, 0.6) is 0 Å². The topological polar surface area (TPSA) is 236 Å². The van der Waals surface area contributed by atoms with E-state index in [1.165, 1.54) is 38.5 Å². The number of rotatable bonds is 43. The van der Waals surface area contributed by atoms with E-state index < -0.39 is 78.4 Å². The number of carbonyl (C=O) groups excluding carboxylic acids is 2. The molecule has 0 aliphatic rings. The molecule has 0 amide bonds. The molecular formula is C46H82O15P2. The fourth-order valence-corrected chi connectivity index (χ4v) is 7.12. The molecule has 0 aliphatic heterocycles. The minimum absolute atomic E-state index is 0.0555. The van der Waals surface area contributed by atoms with Crippen LogP contribution in [0.3, 0.4) is 0 Å². The van der Waals surface area contributed by atoms with Gasteiger partial charge >= 0.3 is 27.6 Å². The predicted molar refractivity (Wildman–Crippen MR) is 246 cm³/mol. The standard InChI is InChI=1S/C46H82O15P2/c1-3-5-7-8-9-10-11-12-13-14-15-16-17-18-22-25-29-35-46(51)61-44(40-60-63(55,56)59-38-43(49)37-58-62(52,53)54)39-57-45(50)36-30-34-42(48)33-28-24-21-19-20-23-27-32-41(47)31-26-6-4-2/h12-13,20-21,23-24,27-28,32-33,41-44,47-49H,3-11,14-19,22,25-26,29-31,34-40H2,1-2H3,(H,55,56)(H2,52,53,54)/b13-12-,23-20-,24-21-,32-27+,33-28+/t41-,42-,43-,44+/m0/s1. The first-order valence-electron chi connectivity index (χ1n) is 23.2. The van der Waals surface area contributed by atoms with Gasteiger partial charge in [0.05, 0.1) is 32.0 Å². The van der Waals surface area contributed by atoms with E-state index in [1.54, 1.807) is 24.3 Å². The normalized spacial score (nSPS) is 15.5. The van der Waals surface area contributed by atoms with Crippen LogP contribution < -0.4 is 0 Å². The number of allylic oxidation sites excluding steroid dienone is 8. The molecule has 0 saturated carbocycles. The maximum Gasteiger partial charge on any atom is 0.472 e. The van der Waals surface area contributed by atoms with Crippen molar-refractivity contribution in [3.8, 4) is 0 Å². The Kier molecular flexibility index (Phi) is 39.7. The highest BCUT2D eigenvalue weighted by atomic mass is 31.2. The van der Waals surface area contributed by atoms with Crippen LogP contribution in [0.15, 0.2) is 60.8 Å². The van der Waals surface area contributed by atoms with E-state index in [0.717, 1.165) is 77.0 Å². The average Bonchev–Trinajstić information content (AvgIpc) is 3.23.